The van der Waals surface area contributed by atoms with Crippen molar-refractivity contribution < 1.29 is 14.3 Å². The molecule has 0 radical (unpaired) electrons. The maximum atomic E-state index is 12.1. The number of hydrogen-bond donors (Lipinski definition) is 0. The van der Waals surface area contributed by atoms with Crippen molar-refractivity contribution in [2.45, 2.75) is 32.0 Å². The van der Waals surface area contributed by atoms with Gasteiger partial charge in [-0.15, -0.1) is 10.2 Å². The van der Waals surface area contributed by atoms with E-state index in [1.807, 2.05) is 18.4 Å². The van der Waals surface area contributed by atoms with Crippen LogP contribution in [0.25, 0.3) is 0 Å². The lowest BCUT2D eigenvalue weighted by Crippen LogP contribution is -2.35. The van der Waals surface area contributed by atoms with E-state index in [-0.39, 0.29) is 29.6 Å². The van der Waals surface area contributed by atoms with Crippen LogP contribution >= 0.6 is 11.8 Å². The van der Waals surface area contributed by atoms with Gasteiger partial charge < -0.3 is 14.2 Å². The van der Waals surface area contributed by atoms with Gasteiger partial charge in [-0.25, -0.2) is 0 Å². The fraction of sp³-hybridized carbons (Fsp3) is 0.692. The molecule has 0 fully saturated rings. The van der Waals surface area contributed by atoms with Gasteiger partial charge in [0.05, 0.1) is 18.8 Å². The van der Waals surface area contributed by atoms with E-state index in [1.165, 1.54) is 23.8 Å². The lowest BCUT2D eigenvalue weighted by molar-refractivity contribution is -0.145. The lowest BCUT2D eigenvalue weighted by atomic mass is 10.2. The number of nitrogens with zero attached hydrogens (tertiary/aromatic N) is 4. The van der Waals surface area contributed by atoms with E-state index in [0.29, 0.717) is 11.7 Å². The lowest BCUT2D eigenvalue weighted by Gasteiger charge is -2.20. The Morgan fingerprint density at radius 2 is 2.10 bits per heavy atom. The highest BCUT2D eigenvalue weighted by molar-refractivity contribution is 7.99. The van der Waals surface area contributed by atoms with Gasteiger partial charge in [0.15, 0.2) is 5.16 Å². The summed E-state index contributed by atoms with van der Waals surface area (Å²) in [6.07, 6.45) is 1.65. The van der Waals surface area contributed by atoms with Crippen molar-refractivity contribution in [3.05, 3.63) is 6.33 Å². The second kappa shape index (κ2) is 8.02. The molecule has 21 heavy (non-hydrogen) atoms. The van der Waals surface area contributed by atoms with Crippen molar-refractivity contribution in [1.82, 2.24) is 19.7 Å². The van der Waals surface area contributed by atoms with Gasteiger partial charge in [-0.2, -0.15) is 0 Å². The van der Waals surface area contributed by atoms with E-state index in [0.717, 1.165) is 0 Å². The van der Waals surface area contributed by atoms with Crippen molar-refractivity contribution in [2.75, 3.05) is 26.5 Å². The van der Waals surface area contributed by atoms with Crippen LogP contribution in [0.15, 0.2) is 11.5 Å². The summed E-state index contributed by atoms with van der Waals surface area (Å²) in [5, 5.41) is 8.57. The van der Waals surface area contributed by atoms with E-state index in [2.05, 4.69) is 14.9 Å². The predicted molar refractivity (Wildman–Crippen MR) is 79.9 cm³/mol. The molecule has 0 aliphatic heterocycles. The van der Waals surface area contributed by atoms with Gasteiger partial charge in [-0.3, -0.25) is 9.59 Å². The van der Waals surface area contributed by atoms with Gasteiger partial charge in [0.1, 0.15) is 6.33 Å². The van der Waals surface area contributed by atoms with Crippen LogP contribution in [0.1, 0.15) is 26.8 Å². The summed E-state index contributed by atoms with van der Waals surface area (Å²) in [7, 11) is 3.02. The Hall–Kier alpha value is -1.57. The number of carbonyl (C=O) groups excluding carboxylic acids is 2. The first-order valence-electron chi connectivity index (χ1n) is 6.70. The Bertz CT molecular complexity index is 490. The molecule has 118 valence electrons. The SMILES string of the molecule is COC(=O)C(C)CN(C)C(=O)CSc1nncn1C(C)C. The summed E-state index contributed by atoms with van der Waals surface area (Å²) in [6.45, 7) is 6.12. The van der Waals surface area contributed by atoms with E-state index >= 15 is 0 Å². The number of aromatic nitrogens is 3. The average Bonchev–Trinajstić information content (AvgIpc) is 2.92. The Kier molecular flexibility index (Phi) is 6.67. The van der Waals surface area contributed by atoms with Crippen LogP contribution in [0.4, 0.5) is 0 Å². The minimum atomic E-state index is -0.340. The van der Waals surface area contributed by atoms with Crippen LogP contribution in [0.2, 0.25) is 0 Å². The summed E-state index contributed by atoms with van der Waals surface area (Å²) < 4.78 is 6.56. The molecule has 8 heteroatoms. The van der Waals surface area contributed by atoms with Crippen LogP contribution in [0.3, 0.4) is 0 Å². The van der Waals surface area contributed by atoms with Crippen LogP contribution in [0, 0.1) is 5.92 Å². The van der Waals surface area contributed by atoms with Gasteiger partial charge in [0.2, 0.25) is 5.91 Å². The van der Waals surface area contributed by atoms with Gasteiger partial charge >= 0.3 is 5.97 Å². The van der Waals surface area contributed by atoms with Crippen LogP contribution in [-0.4, -0.2) is 58.0 Å². The zero-order valence-corrected chi connectivity index (χ0v) is 13.9. The summed E-state index contributed by atoms with van der Waals surface area (Å²) in [5.41, 5.74) is 0. The number of thioether (sulfide) groups is 1. The number of rotatable bonds is 7. The molecule has 7 nitrogen and oxygen atoms in total. The Morgan fingerprint density at radius 3 is 2.67 bits per heavy atom. The number of methoxy groups -OCH3 is 1. The quantitative estimate of drug-likeness (QED) is 0.556. The van der Waals surface area contributed by atoms with Crippen molar-refractivity contribution in [3.8, 4) is 0 Å². The zero-order chi connectivity index (χ0) is 16.0. The largest absolute Gasteiger partial charge is 0.469 e. The fourth-order valence-electron chi connectivity index (χ4n) is 1.71. The molecule has 1 aromatic heterocycles. The highest BCUT2D eigenvalue weighted by Gasteiger charge is 2.19. The minimum absolute atomic E-state index is 0.0611. The predicted octanol–water partition coefficient (Wildman–Crippen LogP) is 1.22. The molecule has 0 bridgehead atoms. The van der Waals surface area contributed by atoms with E-state index in [9.17, 15) is 9.59 Å². The highest BCUT2D eigenvalue weighted by Crippen LogP contribution is 2.19. The fourth-order valence-corrected chi connectivity index (χ4v) is 2.70. The normalized spacial score (nSPS) is 12.3. The van der Waals surface area contributed by atoms with Gasteiger partial charge in [-0.1, -0.05) is 18.7 Å². The number of carbonyl (C=O) groups is 2. The molecular formula is C13H22N4O3S. The second-order valence-corrected chi connectivity index (χ2v) is 6.04. The van der Waals surface area contributed by atoms with Gasteiger partial charge in [-0.05, 0) is 13.8 Å². The summed E-state index contributed by atoms with van der Waals surface area (Å²) >= 11 is 1.34. The first-order chi connectivity index (χ1) is 9.86. The van der Waals surface area contributed by atoms with E-state index in [4.69, 9.17) is 0 Å². The molecule has 0 aromatic carbocycles. The van der Waals surface area contributed by atoms with Crippen molar-refractivity contribution in [1.29, 1.82) is 0 Å². The van der Waals surface area contributed by atoms with E-state index < -0.39 is 0 Å². The monoisotopic (exact) mass is 314 g/mol. The molecule has 0 saturated heterocycles. The zero-order valence-electron chi connectivity index (χ0n) is 13.1. The van der Waals surface area contributed by atoms with Crippen molar-refractivity contribution in [3.63, 3.8) is 0 Å². The Morgan fingerprint density at radius 1 is 1.43 bits per heavy atom. The van der Waals surface area contributed by atoms with Crippen molar-refractivity contribution in [2.24, 2.45) is 5.92 Å². The van der Waals surface area contributed by atoms with Crippen molar-refractivity contribution >= 4 is 23.6 Å². The third-order valence-corrected chi connectivity index (χ3v) is 3.94. The summed E-state index contributed by atoms with van der Waals surface area (Å²) in [6, 6.07) is 0.245. The molecule has 1 atom stereocenters. The molecule has 0 aliphatic rings. The van der Waals surface area contributed by atoms with Crippen LogP contribution < -0.4 is 0 Å². The molecule has 1 aromatic rings. The smallest absolute Gasteiger partial charge is 0.310 e. The maximum absolute atomic E-state index is 12.1. The molecule has 1 rings (SSSR count). The standard InChI is InChI=1S/C13H22N4O3S/c1-9(2)17-8-14-15-13(17)21-7-11(18)16(4)6-10(3)12(19)20-5/h8-10H,6-7H2,1-5H3. The molecule has 1 amide bonds. The molecular weight excluding hydrogens is 292 g/mol. The van der Waals surface area contributed by atoms with Gasteiger partial charge in [0.25, 0.3) is 0 Å². The third kappa shape index (κ3) is 5.04. The maximum Gasteiger partial charge on any atom is 0.310 e. The highest BCUT2D eigenvalue weighted by atomic mass is 32.2. The summed E-state index contributed by atoms with van der Waals surface area (Å²) in [4.78, 5) is 24.9. The molecule has 0 spiro atoms. The number of ether oxygens (including phenoxy) is 1. The first-order valence-corrected chi connectivity index (χ1v) is 7.69. The second-order valence-electron chi connectivity index (χ2n) is 5.10. The average molecular weight is 314 g/mol. The molecule has 1 heterocycles. The Labute approximate surface area is 129 Å². The first kappa shape index (κ1) is 17.5. The topological polar surface area (TPSA) is 77.3 Å². The molecule has 0 saturated carbocycles. The molecule has 0 aliphatic carbocycles. The third-order valence-electron chi connectivity index (χ3n) is 3.00. The number of esters is 1. The minimum Gasteiger partial charge on any atom is -0.469 e. The van der Waals surface area contributed by atoms with E-state index in [1.54, 1.807) is 20.3 Å². The molecule has 0 N–H and O–H groups in total. The molecule has 1 unspecified atom stereocenters. The number of hydrogen-bond acceptors (Lipinski definition) is 6. The van der Waals surface area contributed by atoms with Crippen LogP contribution in [-0.2, 0) is 14.3 Å². The van der Waals surface area contributed by atoms with Gasteiger partial charge in [0, 0.05) is 19.6 Å². The number of amides is 1. The Balaban J connectivity index is 2.49. The van der Waals surface area contributed by atoms with Crippen LogP contribution in [0.5, 0.6) is 0 Å². The summed E-state index contributed by atoms with van der Waals surface area (Å²) in [5.74, 6) is -0.459.